The van der Waals surface area contributed by atoms with Gasteiger partial charge in [0, 0.05) is 23.6 Å². The fourth-order valence-corrected chi connectivity index (χ4v) is 3.76. The maximum absolute atomic E-state index is 13.6. The molecule has 1 unspecified atom stereocenters. The van der Waals surface area contributed by atoms with Gasteiger partial charge in [0.2, 0.25) is 0 Å². The van der Waals surface area contributed by atoms with Crippen molar-refractivity contribution in [3.8, 4) is 0 Å². The summed E-state index contributed by atoms with van der Waals surface area (Å²) >= 11 is 3.33. The summed E-state index contributed by atoms with van der Waals surface area (Å²) in [4.78, 5) is 28.8. The van der Waals surface area contributed by atoms with Crippen molar-refractivity contribution in [1.29, 1.82) is 0 Å². The Kier molecular flexibility index (Phi) is 8.03. The van der Waals surface area contributed by atoms with E-state index in [1.54, 1.807) is 11.8 Å². The van der Waals surface area contributed by atoms with E-state index in [1.165, 1.54) is 18.2 Å². The molecule has 2 rings (SSSR count). The lowest BCUT2D eigenvalue weighted by atomic mass is 10.1. The van der Waals surface area contributed by atoms with Crippen molar-refractivity contribution >= 4 is 27.8 Å². The van der Waals surface area contributed by atoms with Crippen LogP contribution in [0, 0.1) is 5.82 Å². The number of benzene rings is 1. The van der Waals surface area contributed by atoms with Gasteiger partial charge in [-0.15, -0.1) is 0 Å². The molecule has 1 heterocycles. The number of likely N-dealkylation sites (tertiary alicyclic amines) is 1. The van der Waals surface area contributed by atoms with Crippen molar-refractivity contribution in [1.82, 2.24) is 9.80 Å². The van der Waals surface area contributed by atoms with Crippen LogP contribution in [-0.4, -0.2) is 60.5 Å². The third kappa shape index (κ3) is 5.51. The van der Waals surface area contributed by atoms with E-state index in [-0.39, 0.29) is 36.4 Å². The van der Waals surface area contributed by atoms with Gasteiger partial charge >= 0.3 is 5.97 Å². The molecule has 1 aliphatic rings. The monoisotopic (exact) mass is 428 g/mol. The van der Waals surface area contributed by atoms with Crippen LogP contribution in [-0.2, 0) is 9.53 Å². The molecule has 7 heteroatoms. The van der Waals surface area contributed by atoms with Crippen molar-refractivity contribution in [3.63, 3.8) is 0 Å². The summed E-state index contributed by atoms with van der Waals surface area (Å²) in [6.45, 7) is 6.89. The minimum atomic E-state index is -0.460. The summed E-state index contributed by atoms with van der Waals surface area (Å²) in [5.74, 6) is -1.07. The third-order valence-electron chi connectivity index (χ3n) is 4.67. The predicted molar refractivity (Wildman–Crippen MR) is 102 cm³/mol. The lowest BCUT2D eigenvalue weighted by Gasteiger charge is -2.30. The van der Waals surface area contributed by atoms with Crippen molar-refractivity contribution in [3.05, 3.63) is 34.1 Å². The molecule has 26 heavy (non-hydrogen) atoms. The van der Waals surface area contributed by atoms with E-state index >= 15 is 0 Å². The Morgan fingerprint density at radius 2 is 2.15 bits per heavy atom. The number of carbonyl (C=O) groups is 2. The van der Waals surface area contributed by atoms with Crippen molar-refractivity contribution in [2.75, 3.05) is 32.8 Å². The zero-order valence-corrected chi connectivity index (χ0v) is 16.9. The molecule has 1 atom stereocenters. The van der Waals surface area contributed by atoms with E-state index in [4.69, 9.17) is 4.74 Å². The van der Waals surface area contributed by atoms with E-state index in [2.05, 4.69) is 27.8 Å². The second-order valence-corrected chi connectivity index (χ2v) is 7.21. The standard InChI is InChI=1S/C19H26BrFN2O3/c1-3-22-10-5-6-15(22)13-23(11-9-18(24)26-4-2)19(25)16-12-14(21)7-8-17(16)20/h7-8,12,15H,3-6,9-11,13H2,1-2H3. The molecule has 0 bridgehead atoms. The number of ether oxygens (including phenoxy) is 1. The van der Waals surface area contributed by atoms with Gasteiger partial charge in [-0.25, -0.2) is 4.39 Å². The number of rotatable bonds is 8. The van der Waals surface area contributed by atoms with Crippen LogP contribution in [0.25, 0.3) is 0 Å². The highest BCUT2D eigenvalue weighted by atomic mass is 79.9. The summed E-state index contributed by atoms with van der Waals surface area (Å²) in [6, 6.07) is 4.33. The number of nitrogens with zero attached hydrogens (tertiary/aromatic N) is 2. The van der Waals surface area contributed by atoms with Gasteiger partial charge in [0.1, 0.15) is 5.82 Å². The molecule has 0 aromatic heterocycles. The maximum Gasteiger partial charge on any atom is 0.307 e. The van der Waals surface area contributed by atoms with Crippen LogP contribution in [0.3, 0.4) is 0 Å². The molecule has 0 radical (unpaired) electrons. The maximum atomic E-state index is 13.6. The Labute approximate surface area is 162 Å². The van der Waals surface area contributed by atoms with Gasteiger partial charge in [-0.05, 0) is 67.0 Å². The molecule has 0 spiro atoms. The highest BCUT2D eigenvalue weighted by Gasteiger charge is 2.28. The van der Waals surface area contributed by atoms with Gasteiger partial charge in [-0.2, -0.15) is 0 Å². The molecule has 0 aliphatic carbocycles. The molecule has 1 aromatic carbocycles. The molecule has 0 saturated carbocycles. The average Bonchev–Trinajstić information content (AvgIpc) is 3.07. The Hall–Kier alpha value is -1.47. The van der Waals surface area contributed by atoms with Gasteiger partial charge < -0.3 is 9.64 Å². The minimum absolute atomic E-state index is 0.130. The highest BCUT2D eigenvalue weighted by molar-refractivity contribution is 9.10. The SMILES string of the molecule is CCOC(=O)CCN(CC1CCCN1CC)C(=O)c1cc(F)ccc1Br. The van der Waals surface area contributed by atoms with E-state index < -0.39 is 5.82 Å². The topological polar surface area (TPSA) is 49.9 Å². The predicted octanol–water partition coefficient (Wildman–Crippen LogP) is 3.47. The minimum Gasteiger partial charge on any atom is -0.466 e. The van der Waals surface area contributed by atoms with E-state index in [1.807, 2.05) is 0 Å². The first kappa shape index (κ1) is 20.8. The Balaban J connectivity index is 2.16. The van der Waals surface area contributed by atoms with Crippen LogP contribution < -0.4 is 0 Å². The molecule has 5 nitrogen and oxygen atoms in total. The molecular weight excluding hydrogens is 403 g/mol. The van der Waals surface area contributed by atoms with E-state index in [0.717, 1.165) is 25.9 Å². The second-order valence-electron chi connectivity index (χ2n) is 6.35. The molecule has 144 valence electrons. The quantitative estimate of drug-likeness (QED) is 0.594. The van der Waals surface area contributed by atoms with Crippen LogP contribution in [0.1, 0.15) is 43.5 Å². The number of likely N-dealkylation sites (N-methyl/N-ethyl adjacent to an activating group) is 1. The lowest BCUT2D eigenvalue weighted by Crippen LogP contribution is -2.44. The summed E-state index contributed by atoms with van der Waals surface area (Å²) in [5, 5.41) is 0. The number of amides is 1. The van der Waals surface area contributed by atoms with Crippen molar-refractivity contribution in [2.24, 2.45) is 0 Å². The normalized spacial score (nSPS) is 17.3. The van der Waals surface area contributed by atoms with Gasteiger partial charge in [0.25, 0.3) is 5.91 Å². The first-order valence-electron chi connectivity index (χ1n) is 9.10. The Bertz CT molecular complexity index is 641. The fraction of sp³-hybridized carbons (Fsp3) is 0.579. The summed E-state index contributed by atoms with van der Waals surface area (Å²) in [5.41, 5.74) is 0.273. The molecular formula is C19H26BrFN2O3. The number of carbonyl (C=O) groups excluding carboxylic acids is 2. The Morgan fingerprint density at radius 3 is 2.85 bits per heavy atom. The molecule has 1 saturated heterocycles. The number of hydrogen-bond donors (Lipinski definition) is 0. The van der Waals surface area contributed by atoms with E-state index in [9.17, 15) is 14.0 Å². The van der Waals surface area contributed by atoms with E-state index in [0.29, 0.717) is 17.6 Å². The van der Waals surface area contributed by atoms with Crippen LogP contribution in [0.2, 0.25) is 0 Å². The smallest absolute Gasteiger partial charge is 0.307 e. The van der Waals surface area contributed by atoms with Crippen LogP contribution in [0.4, 0.5) is 4.39 Å². The van der Waals surface area contributed by atoms with Crippen LogP contribution in [0.5, 0.6) is 0 Å². The van der Waals surface area contributed by atoms with Crippen molar-refractivity contribution in [2.45, 2.75) is 39.2 Å². The lowest BCUT2D eigenvalue weighted by molar-refractivity contribution is -0.143. The fourth-order valence-electron chi connectivity index (χ4n) is 3.34. The zero-order valence-electron chi connectivity index (χ0n) is 15.3. The molecule has 0 N–H and O–H groups in total. The number of halogens is 2. The van der Waals surface area contributed by atoms with Gasteiger partial charge in [0.05, 0.1) is 18.6 Å². The average molecular weight is 429 g/mol. The Morgan fingerprint density at radius 1 is 1.38 bits per heavy atom. The molecule has 1 fully saturated rings. The van der Waals surface area contributed by atoms with Gasteiger partial charge in [0.15, 0.2) is 0 Å². The largest absolute Gasteiger partial charge is 0.466 e. The summed E-state index contributed by atoms with van der Waals surface area (Å²) < 4.78 is 19.2. The van der Waals surface area contributed by atoms with Crippen LogP contribution >= 0.6 is 15.9 Å². The first-order chi connectivity index (χ1) is 12.5. The number of esters is 1. The summed E-state index contributed by atoms with van der Waals surface area (Å²) in [7, 11) is 0. The molecule has 1 aromatic rings. The molecule has 1 amide bonds. The van der Waals surface area contributed by atoms with Crippen molar-refractivity contribution < 1.29 is 18.7 Å². The summed E-state index contributed by atoms with van der Waals surface area (Å²) in [6.07, 6.45) is 2.24. The molecule has 1 aliphatic heterocycles. The number of hydrogen-bond acceptors (Lipinski definition) is 4. The zero-order chi connectivity index (χ0) is 19.1. The third-order valence-corrected chi connectivity index (χ3v) is 5.37. The highest BCUT2D eigenvalue weighted by Crippen LogP contribution is 2.23. The second kappa shape index (κ2) is 10.0. The van der Waals surface area contributed by atoms with Gasteiger partial charge in [-0.3, -0.25) is 14.5 Å². The van der Waals surface area contributed by atoms with Gasteiger partial charge in [-0.1, -0.05) is 6.92 Å². The first-order valence-corrected chi connectivity index (χ1v) is 9.89. The van der Waals surface area contributed by atoms with Crippen LogP contribution in [0.15, 0.2) is 22.7 Å².